The lowest BCUT2D eigenvalue weighted by Gasteiger charge is -2.18. The van der Waals surface area contributed by atoms with Gasteiger partial charge in [-0.2, -0.15) is 0 Å². The zero-order chi connectivity index (χ0) is 15.1. The molecule has 1 heterocycles. The quantitative estimate of drug-likeness (QED) is 0.851. The molecule has 1 aromatic carbocycles. The summed E-state index contributed by atoms with van der Waals surface area (Å²) in [6.07, 6.45) is 0.0248. The van der Waals surface area contributed by atoms with Gasteiger partial charge in [0.2, 0.25) is 15.9 Å². The number of sulfonamides is 1. The SMILES string of the molecule is NS(=O)(=O)CC1CC(=O)N(c2cc(F)c(Cl)cc2Cl)C1. The molecule has 9 heteroatoms. The molecule has 5 nitrogen and oxygen atoms in total. The molecule has 110 valence electrons. The number of halogens is 3. The van der Waals surface area contributed by atoms with Crippen LogP contribution in [0.25, 0.3) is 0 Å². The molecule has 0 aromatic heterocycles. The third-order valence-corrected chi connectivity index (χ3v) is 4.48. The lowest BCUT2D eigenvalue weighted by Crippen LogP contribution is -2.27. The number of rotatable bonds is 3. The van der Waals surface area contributed by atoms with E-state index in [2.05, 4.69) is 0 Å². The molecular formula is C11H11Cl2FN2O3S. The third kappa shape index (κ3) is 3.41. The lowest BCUT2D eigenvalue weighted by molar-refractivity contribution is -0.117. The Morgan fingerprint density at radius 1 is 1.35 bits per heavy atom. The Bertz CT molecular complexity index is 666. The fourth-order valence-electron chi connectivity index (χ4n) is 2.17. The number of nitrogens with zero attached hydrogens (tertiary/aromatic N) is 1. The van der Waals surface area contributed by atoms with Crippen molar-refractivity contribution in [3.8, 4) is 0 Å². The van der Waals surface area contributed by atoms with Crippen molar-refractivity contribution >= 4 is 44.8 Å². The largest absolute Gasteiger partial charge is 0.310 e. The topological polar surface area (TPSA) is 80.5 Å². The first-order valence-electron chi connectivity index (χ1n) is 5.63. The third-order valence-electron chi connectivity index (χ3n) is 2.95. The Kier molecular flexibility index (Phi) is 4.24. The van der Waals surface area contributed by atoms with Crippen LogP contribution in [0.4, 0.5) is 10.1 Å². The standard InChI is InChI=1S/C11H11Cl2FN2O3S/c12-7-2-8(13)10(3-9(7)14)16-4-6(1-11(16)17)5-20(15,18)19/h2-3,6H,1,4-5H2,(H2,15,18,19). The maximum absolute atomic E-state index is 13.5. The van der Waals surface area contributed by atoms with E-state index in [0.29, 0.717) is 0 Å². The van der Waals surface area contributed by atoms with E-state index in [4.69, 9.17) is 28.3 Å². The lowest BCUT2D eigenvalue weighted by atomic mass is 10.1. The molecule has 1 fully saturated rings. The number of anilines is 1. The van der Waals surface area contributed by atoms with Crippen LogP contribution in [0.2, 0.25) is 10.0 Å². The van der Waals surface area contributed by atoms with Crippen molar-refractivity contribution in [1.29, 1.82) is 0 Å². The zero-order valence-electron chi connectivity index (χ0n) is 10.1. The Hall–Kier alpha value is -0.890. The average molecular weight is 341 g/mol. The van der Waals surface area contributed by atoms with Gasteiger partial charge in [0.1, 0.15) is 5.82 Å². The monoisotopic (exact) mass is 340 g/mol. The summed E-state index contributed by atoms with van der Waals surface area (Å²) in [6.45, 7) is 0.121. The van der Waals surface area contributed by atoms with Gasteiger partial charge in [0.25, 0.3) is 0 Å². The van der Waals surface area contributed by atoms with Crippen molar-refractivity contribution in [3.05, 3.63) is 28.0 Å². The van der Waals surface area contributed by atoms with Crippen LogP contribution in [0.3, 0.4) is 0 Å². The predicted octanol–water partition coefficient (Wildman–Crippen LogP) is 1.77. The Morgan fingerprint density at radius 2 is 2.00 bits per heavy atom. The summed E-state index contributed by atoms with van der Waals surface area (Å²) < 4.78 is 35.6. The first-order valence-corrected chi connectivity index (χ1v) is 8.10. The van der Waals surface area contributed by atoms with E-state index in [-0.39, 0.29) is 40.4 Å². The van der Waals surface area contributed by atoms with Gasteiger partial charge in [0.05, 0.1) is 21.5 Å². The van der Waals surface area contributed by atoms with Gasteiger partial charge in [0, 0.05) is 24.9 Å². The number of benzene rings is 1. The smallest absolute Gasteiger partial charge is 0.227 e. The van der Waals surface area contributed by atoms with Gasteiger partial charge in [-0.05, 0) is 6.07 Å². The normalized spacial score (nSPS) is 19.7. The molecule has 20 heavy (non-hydrogen) atoms. The number of carbonyl (C=O) groups excluding carboxylic acids is 1. The number of nitrogens with two attached hydrogens (primary N) is 1. The highest BCUT2D eigenvalue weighted by Gasteiger charge is 2.34. The van der Waals surface area contributed by atoms with Crippen LogP contribution in [0, 0.1) is 11.7 Å². The number of amides is 1. The first-order chi connectivity index (χ1) is 9.17. The molecule has 1 aromatic rings. The maximum atomic E-state index is 13.5. The molecule has 1 amide bonds. The number of carbonyl (C=O) groups is 1. The number of hydrogen-bond acceptors (Lipinski definition) is 3. The summed E-state index contributed by atoms with van der Waals surface area (Å²) in [5, 5.41) is 4.94. The van der Waals surface area contributed by atoms with Crippen molar-refractivity contribution in [1.82, 2.24) is 0 Å². The Morgan fingerprint density at radius 3 is 2.60 bits per heavy atom. The summed E-state index contributed by atoms with van der Waals surface area (Å²) in [4.78, 5) is 13.1. The molecular weight excluding hydrogens is 330 g/mol. The van der Waals surface area contributed by atoms with Crippen molar-refractivity contribution in [2.45, 2.75) is 6.42 Å². The minimum atomic E-state index is -3.67. The fraction of sp³-hybridized carbons (Fsp3) is 0.364. The Labute approximate surface area is 125 Å². The van der Waals surface area contributed by atoms with E-state index in [1.807, 2.05) is 0 Å². The van der Waals surface area contributed by atoms with Crippen molar-refractivity contribution in [2.75, 3.05) is 17.2 Å². The molecule has 1 aliphatic heterocycles. The van der Waals surface area contributed by atoms with Gasteiger partial charge in [0.15, 0.2) is 0 Å². The van der Waals surface area contributed by atoms with Crippen molar-refractivity contribution < 1.29 is 17.6 Å². The molecule has 2 rings (SSSR count). The minimum absolute atomic E-state index is 0.0248. The minimum Gasteiger partial charge on any atom is -0.310 e. The van der Waals surface area contributed by atoms with Crippen LogP contribution in [-0.4, -0.2) is 26.6 Å². The van der Waals surface area contributed by atoms with Gasteiger partial charge in [-0.15, -0.1) is 0 Å². The first kappa shape index (κ1) is 15.5. The average Bonchev–Trinajstić information content (AvgIpc) is 2.62. The van der Waals surface area contributed by atoms with Crippen molar-refractivity contribution in [3.63, 3.8) is 0 Å². The summed E-state index contributed by atoms with van der Waals surface area (Å²) in [7, 11) is -3.67. The molecule has 0 saturated carbocycles. The molecule has 1 aliphatic rings. The summed E-state index contributed by atoms with van der Waals surface area (Å²) in [5.74, 6) is -1.77. The molecule has 0 radical (unpaired) electrons. The fourth-order valence-corrected chi connectivity index (χ4v) is 3.54. The van der Waals surface area contributed by atoms with Gasteiger partial charge in [-0.3, -0.25) is 4.79 Å². The van der Waals surface area contributed by atoms with E-state index >= 15 is 0 Å². The molecule has 1 atom stereocenters. The van der Waals surface area contributed by atoms with Gasteiger partial charge in [-0.1, -0.05) is 23.2 Å². The second-order valence-corrected chi connectivity index (χ2v) is 7.10. The zero-order valence-corrected chi connectivity index (χ0v) is 12.5. The summed E-state index contributed by atoms with van der Waals surface area (Å²) in [6, 6.07) is 2.26. The molecule has 1 unspecified atom stereocenters. The highest BCUT2D eigenvalue weighted by atomic mass is 35.5. The van der Waals surface area contributed by atoms with Crippen LogP contribution < -0.4 is 10.0 Å². The molecule has 1 saturated heterocycles. The van der Waals surface area contributed by atoms with Crippen LogP contribution in [0.5, 0.6) is 0 Å². The van der Waals surface area contributed by atoms with Crippen LogP contribution >= 0.6 is 23.2 Å². The van der Waals surface area contributed by atoms with Crippen LogP contribution in [0.15, 0.2) is 12.1 Å². The highest BCUT2D eigenvalue weighted by Crippen LogP contribution is 2.34. The second kappa shape index (κ2) is 5.48. The number of hydrogen-bond donors (Lipinski definition) is 1. The van der Waals surface area contributed by atoms with E-state index in [0.717, 1.165) is 6.07 Å². The molecule has 0 bridgehead atoms. The van der Waals surface area contributed by atoms with E-state index in [1.165, 1.54) is 11.0 Å². The second-order valence-electron chi connectivity index (χ2n) is 4.62. The van der Waals surface area contributed by atoms with Crippen molar-refractivity contribution in [2.24, 2.45) is 11.1 Å². The van der Waals surface area contributed by atoms with Gasteiger partial charge < -0.3 is 4.90 Å². The van der Waals surface area contributed by atoms with Gasteiger partial charge >= 0.3 is 0 Å². The maximum Gasteiger partial charge on any atom is 0.227 e. The summed E-state index contributed by atoms with van der Waals surface area (Å²) >= 11 is 11.5. The van der Waals surface area contributed by atoms with Crippen LogP contribution in [-0.2, 0) is 14.8 Å². The van der Waals surface area contributed by atoms with E-state index in [1.54, 1.807) is 0 Å². The molecule has 2 N–H and O–H groups in total. The van der Waals surface area contributed by atoms with Gasteiger partial charge in [-0.25, -0.2) is 17.9 Å². The van der Waals surface area contributed by atoms with E-state index < -0.39 is 21.8 Å². The highest BCUT2D eigenvalue weighted by molar-refractivity contribution is 7.89. The van der Waals surface area contributed by atoms with Crippen LogP contribution in [0.1, 0.15) is 6.42 Å². The molecule has 0 spiro atoms. The Balaban J connectivity index is 2.26. The number of primary sulfonamides is 1. The summed E-state index contributed by atoms with van der Waals surface area (Å²) in [5.41, 5.74) is 0.176. The molecule has 0 aliphatic carbocycles. The van der Waals surface area contributed by atoms with E-state index in [9.17, 15) is 17.6 Å². The predicted molar refractivity (Wildman–Crippen MR) is 74.9 cm³/mol.